The minimum Gasteiger partial charge on any atom is -0.387 e. The number of aryl methyl sites for hydroxylation is 1. The van der Waals surface area contributed by atoms with Crippen LogP contribution in [-0.2, 0) is 0 Å². The summed E-state index contributed by atoms with van der Waals surface area (Å²) in [5.74, 6) is 1.50. The fourth-order valence-corrected chi connectivity index (χ4v) is 2.95. The Kier molecular flexibility index (Phi) is 3.30. The van der Waals surface area contributed by atoms with E-state index in [0.717, 1.165) is 37.3 Å². The van der Waals surface area contributed by atoms with Gasteiger partial charge in [0, 0.05) is 24.4 Å². The number of rotatable bonds is 2. The van der Waals surface area contributed by atoms with Crippen molar-refractivity contribution in [2.45, 2.75) is 19.8 Å². The van der Waals surface area contributed by atoms with Crippen LogP contribution in [0.5, 0.6) is 0 Å². The highest BCUT2D eigenvalue weighted by Crippen LogP contribution is 2.27. The minimum absolute atomic E-state index is 0.163. The molecule has 1 aliphatic heterocycles. The van der Waals surface area contributed by atoms with Crippen LogP contribution in [-0.4, -0.2) is 23.9 Å². The molecular weight excluding hydrogens is 248 g/mol. The fourth-order valence-electron chi connectivity index (χ4n) is 2.95. The van der Waals surface area contributed by atoms with Crippen LogP contribution < -0.4 is 10.6 Å². The second-order valence-corrected chi connectivity index (χ2v) is 5.56. The Bertz CT molecular complexity index is 650. The molecule has 0 amide bonds. The molecule has 4 nitrogen and oxygen atoms in total. The first-order chi connectivity index (χ1) is 9.65. The predicted molar refractivity (Wildman–Crippen MR) is 83.3 cm³/mol. The molecule has 1 fully saturated rings. The Morgan fingerprint density at radius 1 is 1.40 bits per heavy atom. The van der Waals surface area contributed by atoms with E-state index < -0.39 is 0 Å². The molecular formula is C16H20N4. The first kappa shape index (κ1) is 12.9. The molecule has 0 spiro atoms. The molecule has 1 aliphatic rings. The summed E-state index contributed by atoms with van der Waals surface area (Å²) < 4.78 is 0. The van der Waals surface area contributed by atoms with Crippen LogP contribution in [0.4, 0.5) is 5.82 Å². The van der Waals surface area contributed by atoms with Crippen molar-refractivity contribution >= 4 is 22.6 Å². The first-order valence-electron chi connectivity index (χ1n) is 7.10. The fraction of sp³-hybridized carbons (Fsp3) is 0.375. The lowest BCUT2D eigenvalue weighted by Gasteiger charge is -2.34. The second kappa shape index (κ2) is 5.12. The number of para-hydroxylation sites is 1. The zero-order chi connectivity index (χ0) is 14.1. The third-order valence-corrected chi connectivity index (χ3v) is 4.05. The average molecular weight is 268 g/mol. The maximum Gasteiger partial charge on any atom is 0.132 e. The Balaban J connectivity index is 1.96. The number of fused-ring (bicyclic) bond motifs is 1. The van der Waals surface area contributed by atoms with Crippen LogP contribution in [0.3, 0.4) is 0 Å². The van der Waals surface area contributed by atoms with Gasteiger partial charge < -0.3 is 10.6 Å². The average Bonchev–Trinajstić information content (AvgIpc) is 2.46. The number of nitrogens with zero attached hydrogens (tertiary/aromatic N) is 2. The number of nitrogens with one attached hydrogen (secondary N) is 1. The maximum absolute atomic E-state index is 7.66. The van der Waals surface area contributed by atoms with Crippen molar-refractivity contribution in [3.8, 4) is 0 Å². The first-order valence-corrected chi connectivity index (χ1v) is 7.10. The van der Waals surface area contributed by atoms with Gasteiger partial charge in [0.2, 0.25) is 0 Å². The molecule has 3 rings (SSSR count). The summed E-state index contributed by atoms with van der Waals surface area (Å²) >= 11 is 0. The van der Waals surface area contributed by atoms with Crippen LogP contribution in [0.1, 0.15) is 18.4 Å². The lowest BCUT2D eigenvalue weighted by atomic mass is 9.96. The molecule has 1 aromatic carbocycles. The van der Waals surface area contributed by atoms with E-state index in [2.05, 4.69) is 24.0 Å². The lowest BCUT2D eigenvalue weighted by molar-refractivity contribution is 0.500. The summed E-state index contributed by atoms with van der Waals surface area (Å²) in [6.45, 7) is 3.91. The highest BCUT2D eigenvalue weighted by Gasteiger charge is 2.24. The van der Waals surface area contributed by atoms with Gasteiger partial charge >= 0.3 is 0 Å². The van der Waals surface area contributed by atoms with E-state index in [-0.39, 0.29) is 5.92 Å². The molecule has 0 radical (unpaired) electrons. The Hall–Kier alpha value is -2.10. The van der Waals surface area contributed by atoms with Gasteiger partial charge in [-0.05, 0) is 37.5 Å². The van der Waals surface area contributed by atoms with E-state index in [9.17, 15) is 0 Å². The molecule has 104 valence electrons. The monoisotopic (exact) mass is 268 g/mol. The Morgan fingerprint density at radius 2 is 2.20 bits per heavy atom. The predicted octanol–water partition coefficient (Wildman–Crippen LogP) is 2.70. The molecule has 4 heteroatoms. The standard InChI is InChI=1S/C16H20N4/c1-11-9-12-5-2-3-7-14(12)19-16(11)20-8-4-6-13(10-20)15(17)18/h2-3,5,7,9,13H,4,6,8,10H2,1H3,(H3,17,18). The Morgan fingerprint density at radius 3 is 3.00 bits per heavy atom. The van der Waals surface area contributed by atoms with Gasteiger partial charge in [0.15, 0.2) is 0 Å². The van der Waals surface area contributed by atoms with Gasteiger partial charge in [-0.15, -0.1) is 0 Å². The van der Waals surface area contributed by atoms with Crippen molar-refractivity contribution in [3.63, 3.8) is 0 Å². The molecule has 1 aromatic heterocycles. The van der Waals surface area contributed by atoms with E-state index in [1.165, 1.54) is 10.9 Å². The molecule has 2 aromatic rings. The number of benzene rings is 1. The molecule has 1 atom stereocenters. The number of amidine groups is 1. The topological polar surface area (TPSA) is 66.0 Å². The van der Waals surface area contributed by atoms with Crippen molar-refractivity contribution in [1.82, 2.24) is 4.98 Å². The molecule has 0 aliphatic carbocycles. The van der Waals surface area contributed by atoms with Crippen LogP contribution in [0.25, 0.3) is 10.9 Å². The quantitative estimate of drug-likeness (QED) is 0.650. The number of aromatic nitrogens is 1. The van der Waals surface area contributed by atoms with E-state index in [0.29, 0.717) is 5.84 Å². The van der Waals surface area contributed by atoms with Gasteiger partial charge in [0.1, 0.15) is 5.82 Å². The van der Waals surface area contributed by atoms with E-state index in [1.54, 1.807) is 0 Å². The SMILES string of the molecule is Cc1cc2ccccc2nc1N1CCCC(C(=N)N)C1. The van der Waals surface area contributed by atoms with Crippen LogP contribution >= 0.6 is 0 Å². The second-order valence-electron chi connectivity index (χ2n) is 5.56. The van der Waals surface area contributed by atoms with Crippen molar-refractivity contribution in [1.29, 1.82) is 5.41 Å². The van der Waals surface area contributed by atoms with Crippen LogP contribution in [0, 0.1) is 18.3 Å². The number of piperidine rings is 1. The van der Waals surface area contributed by atoms with Gasteiger partial charge in [-0.1, -0.05) is 18.2 Å². The summed E-state index contributed by atoms with van der Waals surface area (Å²) in [6.07, 6.45) is 2.08. The summed E-state index contributed by atoms with van der Waals surface area (Å²) in [5.41, 5.74) is 7.89. The number of hydrogen-bond acceptors (Lipinski definition) is 3. The summed E-state index contributed by atoms with van der Waals surface area (Å²) in [7, 11) is 0. The lowest BCUT2D eigenvalue weighted by Crippen LogP contribution is -2.41. The summed E-state index contributed by atoms with van der Waals surface area (Å²) in [5, 5.41) is 8.83. The largest absolute Gasteiger partial charge is 0.387 e. The van der Waals surface area contributed by atoms with Crippen molar-refractivity contribution in [2.75, 3.05) is 18.0 Å². The molecule has 0 bridgehead atoms. The van der Waals surface area contributed by atoms with Crippen molar-refractivity contribution in [3.05, 3.63) is 35.9 Å². The van der Waals surface area contributed by atoms with Crippen molar-refractivity contribution in [2.24, 2.45) is 11.7 Å². The van der Waals surface area contributed by atoms with Crippen molar-refractivity contribution < 1.29 is 0 Å². The van der Waals surface area contributed by atoms with E-state index in [4.69, 9.17) is 16.1 Å². The minimum atomic E-state index is 0.163. The molecule has 2 heterocycles. The molecule has 0 saturated carbocycles. The van der Waals surface area contributed by atoms with Gasteiger partial charge in [0.05, 0.1) is 11.4 Å². The van der Waals surface area contributed by atoms with Gasteiger partial charge in [-0.3, -0.25) is 5.41 Å². The molecule has 3 N–H and O–H groups in total. The Labute approximate surface area is 119 Å². The smallest absolute Gasteiger partial charge is 0.132 e. The highest BCUT2D eigenvalue weighted by molar-refractivity contribution is 5.83. The van der Waals surface area contributed by atoms with E-state index in [1.807, 2.05) is 18.2 Å². The number of hydrogen-bond donors (Lipinski definition) is 2. The summed E-state index contributed by atoms with van der Waals surface area (Å²) in [4.78, 5) is 7.08. The maximum atomic E-state index is 7.66. The third-order valence-electron chi connectivity index (χ3n) is 4.05. The zero-order valence-corrected chi connectivity index (χ0v) is 11.8. The third kappa shape index (κ3) is 2.33. The number of pyridine rings is 1. The molecule has 20 heavy (non-hydrogen) atoms. The van der Waals surface area contributed by atoms with E-state index >= 15 is 0 Å². The van der Waals surface area contributed by atoms with Gasteiger partial charge in [-0.25, -0.2) is 4.98 Å². The number of anilines is 1. The van der Waals surface area contributed by atoms with Crippen LogP contribution in [0.15, 0.2) is 30.3 Å². The van der Waals surface area contributed by atoms with Gasteiger partial charge in [-0.2, -0.15) is 0 Å². The molecule has 1 saturated heterocycles. The highest BCUT2D eigenvalue weighted by atomic mass is 15.2. The number of nitrogens with two attached hydrogens (primary N) is 1. The zero-order valence-electron chi connectivity index (χ0n) is 11.8. The molecule has 1 unspecified atom stereocenters. The van der Waals surface area contributed by atoms with Gasteiger partial charge in [0.25, 0.3) is 0 Å². The normalized spacial score (nSPS) is 19.2. The summed E-state index contributed by atoms with van der Waals surface area (Å²) in [6, 6.07) is 10.4. The van der Waals surface area contributed by atoms with Crippen LogP contribution in [0.2, 0.25) is 0 Å².